The van der Waals surface area contributed by atoms with E-state index in [-0.39, 0.29) is 12.0 Å². The lowest BCUT2D eigenvalue weighted by molar-refractivity contribution is -0.146. The average Bonchev–Trinajstić information content (AvgIpc) is 2.49. The van der Waals surface area contributed by atoms with Crippen LogP contribution in [0.4, 0.5) is 0 Å². The molecular weight excluding hydrogens is 266 g/mol. The Morgan fingerprint density at radius 2 is 1.86 bits per heavy atom. The standard InChI is InChI=1S/C17H35NO3/c1-5-9-10-15(7-3)14-20-13-11-16(18-12-6-2)17(19)21-8-4/h15-16,18H,5-14H2,1-4H3. The molecule has 126 valence electrons. The second-order valence-corrected chi connectivity index (χ2v) is 5.54. The van der Waals surface area contributed by atoms with Gasteiger partial charge in [0.2, 0.25) is 0 Å². The summed E-state index contributed by atoms with van der Waals surface area (Å²) in [4.78, 5) is 11.8. The van der Waals surface area contributed by atoms with Gasteiger partial charge in [-0.05, 0) is 38.6 Å². The minimum absolute atomic E-state index is 0.160. The second kappa shape index (κ2) is 14.3. The average molecular weight is 301 g/mol. The molecule has 0 aromatic rings. The van der Waals surface area contributed by atoms with Crippen molar-refractivity contribution in [1.82, 2.24) is 5.32 Å². The maximum absolute atomic E-state index is 11.8. The van der Waals surface area contributed by atoms with E-state index in [0.29, 0.717) is 25.6 Å². The van der Waals surface area contributed by atoms with E-state index in [0.717, 1.165) is 26.0 Å². The van der Waals surface area contributed by atoms with E-state index in [2.05, 4.69) is 26.1 Å². The van der Waals surface area contributed by atoms with E-state index < -0.39 is 0 Å². The Morgan fingerprint density at radius 3 is 2.43 bits per heavy atom. The van der Waals surface area contributed by atoms with E-state index in [1.165, 1.54) is 19.3 Å². The Labute approximate surface area is 131 Å². The molecule has 0 aromatic heterocycles. The van der Waals surface area contributed by atoms with Crippen molar-refractivity contribution in [3.05, 3.63) is 0 Å². The lowest BCUT2D eigenvalue weighted by Crippen LogP contribution is -2.39. The van der Waals surface area contributed by atoms with Crippen molar-refractivity contribution in [2.45, 2.75) is 72.3 Å². The van der Waals surface area contributed by atoms with Crippen LogP contribution in [0.1, 0.15) is 66.2 Å². The normalized spacial score (nSPS) is 13.9. The SMILES string of the molecule is CCCCC(CC)COCCC(NCCC)C(=O)OCC. The van der Waals surface area contributed by atoms with Crippen molar-refractivity contribution >= 4 is 5.97 Å². The molecule has 0 aliphatic rings. The first kappa shape index (κ1) is 20.4. The summed E-state index contributed by atoms with van der Waals surface area (Å²) in [6.07, 6.45) is 6.60. The van der Waals surface area contributed by atoms with Crippen LogP contribution < -0.4 is 5.32 Å². The van der Waals surface area contributed by atoms with Crippen LogP contribution in [0.15, 0.2) is 0 Å². The van der Waals surface area contributed by atoms with E-state index in [9.17, 15) is 4.79 Å². The Bertz CT molecular complexity index is 246. The van der Waals surface area contributed by atoms with Crippen molar-refractivity contribution in [1.29, 1.82) is 0 Å². The molecule has 21 heavy (non-hydrogen) atoms. The lowest BCUT2D eigenvalue weighted by Gasteiger charge is -2.18. The van der Waals surface area contributed by atoms with Crippen molar-refractivity contribution in [2.75, 3.05) is 26.4 Å². The van der Waals surface area contributed by atoms with Gasteiger partial charge in [-0.15, -0.1) is 0 Å². The van der Waals surface area contributed by atoms with Gasteiger partial charge in [0.15, 0.2) is 0 Å². The molecule has 0 radical (unpaired) electrons. The molecule has 0 spiro atoms. The van der Waals surface area contributed by atoms with Crippen LogP contribution in [0.25, 0.3) is 0 Å². The largest absolute Gasteiger partial charge is 0.465 e. The zero-order valence-electron chi connectivity index (χ0n) is 14.5. The highest BCUT2D eigenvalue weighted by Gasteiger charge is 2.18. The van der Waals surface area contributed by atoms with Gasteiger partial charge in [-0.1, -0.05) is 40.0 Å². The van der Waals surface area contributed by atoms with Gasteiger partial charge >= 0.3 is 5.97 Å². The summed E-state index contributed by atoms with van der Waals surface area (Å²) in [6, 6.07) is -0.236. The van der Waals surface area contributed by atoms with Gasteiger partial charge in [0.05, 0.1) is 6.61 Å². The van der Waals surface area contributed by atoms with Crippen LogP contribution >= 0.6 is 0 Å². The molecule has 0 aromatic carbocycles. The van der Waals surface area contributed by atoms with Gasteiger partial charge in [0.25, 0.3) is 0 Å². The van der Waals surface area contributed by atoms with Crippen LogP contribution in [-0.2, 0) is 14.3 Å². The predicted molar refractivity (Wildman–Crippen MR) is 87.5 cm³/mol. The summed E-state index contributed by atoms with van der Waals surface area (Å²) in [5.74, 6) is 0.488. The predicted octanol–water partition coefficient (Wildman–Crippen LogP) is 3.54. The Hall–Kier alpha value is -0.610. The van der Waals surface area contributed by atoms with Gasteiger partial charge in [-0.25, -0.2) is 0 Å². The minimum Gasteiger partial charge on any atom is -0.465 e. The quantitative estimate of drug-likeness (QED) is 0.394. The highest BCUT2D eigenvalue weighted by Crippen LogP contribution is 2.13. The second-order valence-electron chi connectivity index (χ2n) is 5.54. The molecule has 0 amide bonds. The number of carbonyl (C=O) groups is 1. The smallest absolute Gasteiger partial charge is 0.323 e. The molecule has 0 heterocycles. The van der Waals surface area contributed by atoms with Crippen molar-refractivity contribution in [2.24, 2.45) is 5.92 Å². The number of unbranched alkanes of at least 4 members (excludes halogenated alkanes) is 1. The van der Waals surface area contributed by atoms with Crippen LogP contribution in [0.5, 0.6) is 0 Å². The van der Waals surface area contributed by atoms with Gasteiger partial charge in [-0.2, -0.15) is 0 Å². The van der Waals surface area contributed by atoms with Crippen LogP contribution in [-0.4, -0.2) is 38.4 Å². The first-order chi connectivity index (χ1) is 10.2. The fraction of sp³-hybridized carbons (Fsp3) is 0.941. The summed E-state index contributed by atoms with van der Waals surface area (Å²) in [7, 11) is 0. The van der Waals surface area contributed by atoms with Gasteiger partial charge < -0.3 is 14.8 Å². The summed E-state index contributed by atoms with van der Waals surface area (Å²) >= 11 is 0. The summed E-state index contributed by atoms with van der Waals surface area (Å²) < 4.78 is 10.9. The Balaban J connectivity index is 3.96. The van der Waals surface area contributed by atoms with E-state index in [1.54, 1.807) is 0 Å². The number of hydrogen-bond donors (Lipinski definition) is 1. The minimum atomic E-state index is -0.236. The van der Waals surface area contributed by atoms with Crippen molar-refractivity contribution in [3.8, 4) is 0 Å². The molecule has 2 unspecified atom stereocenters. The van der Waals surface area contributed by atoms with Crippen LogP contribution in [0.3, 0.4) is 0 Å². The molecule has 4 nitrogen and oxygen atoms in total. The summed E-state index contributed by atoms with van der Waals surface area (Å²) in [5.41, 5.74) is 0. The number of ether oxygens (including phenoxy) is 2. The molecule has 0 rings (SSSR count). The third kappa shape index (κ3) is 10.7. The molecule has 4 heteroatoms. The number of rotatable bonds is 14. The van der Waals surface area contributed by atoms with E-state index >= 15 is 0 Å². The Morgan fingerprint density at radius 1 is 1.10 bits per heavy atom. The molecule has 1 N–H and O–H groups in total. The van der Waals surface area contributed by atoms with Gasteiger partial charge in [0, 0.05) is 13.2 Å². The molecule has 0 aliphatic heterocycles. The fourth-order valence-electron chi connectivity index (χ4n) is 2.21. The topological polar surface area (TPSA) is 47.6 Å². The third-order valence-corrected chi connectivity index (χ3v) is 3.66. The highest BCUT2D eigenvalue weighted by atomic mass is 16.5. The molecule has 0 saturated heterocycles. The molecule has 0 aliphatic carbocycles. The Kier molecular flexibility index (Phi) is 13.9. The first-order valence-corrected chi connectivity index (χ1v) is 8.67. The number of nitrogens with one attached hydrogen (secondary N) is 1. The highest BCUT2D eigenvalue weighted by molar-refractivity contribution is 5.75. The molecule has 2 atom stereocenters. The molecular formula is C17H35NO3. The number of esters is 1. The van der Waals surface area contributed by atoms with Crippen LogP contribution in [0.2, 0.25) is 0 Å². The maximum Gasteiger partial charge on any atom is 0.323 e. The third-order valence-electron chi connectivity index (χ3n) is 3.66. The number of carbonyl (C=O) groups excluding carboxylic acids is 1. The molecule has 0 saturated carbocycles. The van der Waals surface area contributed by atoms with Crippen LogP contribution in [0, 0.1) is 5.92 Å². The van der Waals surface area contributed by atoms with Crippen molar-refractivity contribution in [3.63, 3.8) is 0 Å². The monoisotopic (exact) mass is 301 g/mol. The summed E-state index contributed by atoms with van der Waals surface area (Å²) in [5, 5.41) is 3.24. The fourth-order valence-corrected chi connectivity index (χ4v) is 2.21. The van der Waals surface area contributed by atoms with Gasteiger partial charge in [-0.3, -0.25) is 4.79 Å². The zero-order valence-corrected chi connectivity index (χ0v) is 14.5. The first-order valence-electron chi connectivity index (χ1n) is 8.67. The van der Waals surface area contributed by atoms with E-state index in [1.807, 2.05) is 6.92 Å². The maximum atomic E-state index is 11.8. The molecule has 0 bridgehead atoms. The number of hydrogen-bond acceptors (Lipinski definition) is 4. The zero-order chi connectivity index (χ0) is 15.9. The van der Waals surface area contributed by atoms with Crippen molar-refractivity contribution < 1.29 is 14.3 Å². The van der Waals surface area contributed by atoms with Gasteiger partial charge in [0.1, 0.15) is 6.04 Å². The lowest BCUT2D eigenvalue weighted by atomic mass is 10.0. The molecule has 0 fully saturated rings. The van der Waals surface area contributed by atoms with E-state index in [4.69, 9.17) is 9.47 Å². The summed E-state index contributed by atoms with van der Waals surface area (Å²) in [6.45, 7) is 11.0.